The maximum absolute atomic E-state index is 12.7. The highest BCUT2D eigenvalue weighted by Crippen LogP contribution is 2.27. The summed E-state index contributed by atoms with van der Waals surface area (Å²) in [7, 11) is 1.65. The van der Waals surface area contributed by atoms with Gasteiger partial charge in [0.25, 0.3) is 0 Å². The van der Waals surface area contributed by atoms with E-state index in [1.54, 1.807) is 7.11 Å². The molecule has 1 fully saturated rings. The van der Waals surface area contributed by atoms with E-state index in [-0.39, 0.29) is 18.1 Å². The molecule has 1 amide bonds. The third kappa shape index (κ3) is 4.40. The van der Waals surface area contributed by atoms with Gasteiger partial charge in [-0.15, -0.1) is 0 Å². The van der Waals surface area contributed by atoms with Gasteiger partial charge in [0.1, 0.15) is 11.9 Å². The van der Waals surface area contributed by atoms with Gasteiger partial charge in [-0.25, -0.2) is 0 Å². The molecule has 4 heteroatoms. The minimum absolute atomic E-state index is 0.0808. The molecular weight excluding hydrogens is 314 g/mol. The van der Waals surface area contributed by atoms with Crippen molar-refractivity contribution in [3.8, 4) is 5.75 Å². The van der Waals surface area contributed by atoms with Crippen LogP contribution in [-0.2, 0) is 16.0 Å². The predicted octanol–water partition coefficient (Wildman–Crippen LogP) is 3.62. The van der Waals surface area contributed by atoms with E-state index in [1.807, 2.05) is 54.3 Å². The van der Waals surface area contributed by atoms with Gasteiger partial charge in [-0.3, -0.25) is 4.79 Å². The summed E-state index contributed by atoms with van der Waals surface area (Å²) >= 11 is 0. The number of methoxy groups -OCH3 is 1. The molecule has 4 nitrogen and oxygen atoms in total. The van der Waals surface area contributed by atoms with Gasteiger partial charge >= 0.3 is 0 Å². The van der Waals surface area contributed by atoms with Crippen molar-refractivity contribution < 1.29 is 14.3 Å². The number of benzene rings is 2. The minimum atomic E-state index is -0.0808. The number of rotatable bonds is 5. The van der Waals surface area contributed by atoms with Crippen molar-refractivity contribution in [1.82, 2.24) is 4.90 Å². The molecule has 0 spiro atoms. The Morgan fingerprint density at radius 1 is 1.16 bits per heavy atom. The van der Waals surface area contributed by atoms with Crippen LogP contribution >= 0.6 is 0 Å². The van der Waals surface area contributed by atoms with Crippen LogP contribution in [0.4, 0.5) is 0 Å². The van der Waals surface area contributed by atoms with Crippen molar-refractivity contribution in [1.29, 1.82) is 0 Å². The second kappa shape index (κ2) is 8.17. The van der Waals surface area contributed by atoms with E-state index in [0.29, 0.717) is 19.6 Å². The number of carbonyl (C=O) groups is 1. The highest BCUT2D eigenvalue weighted by atomic mass is 16.5. The Morgan fingerprint density at radius 2 is 1.88 bits per heavy atom. The quantitative estimate of drug-likeness (QED) is 0.835. The first-order valence-corrected chi connectivity index (χ1v) is 8.76. The lowest BCUT2D eigenvalue weighted by atomic mass is 10.0. The predicted molar refractivity (Wildman–Crippen MR) is 97.6 cm³/mol. The van der Waals surface area contributed by atoms with E-state index in [9.17, 15) is 4.79 Å². The molecule has 2 aromatic carbocycles. The van der Waals surface area contributed by atoms with Gasteiger partial charge in [0.2, 0.25) is 5.91 Å². The van der Waals surface area contributed by atoms with E-state index < -0.39 is 0 Å². The summed E-state index contributed by atoms with van der Waals surface area (Å²) in [6, 6.07) is 18.1. The molecule has 0 radical (unpaired) electrons. The molecule has 0 saturated carbocycles. The monoisotopic (exact) mass is 339 g/mol. The third-order valence-electron chi connectivity index (χ3n) is 4.71. The van der Waals surface area contributed by atoms with Crippen LogP contribution in [-0.4, -0.2) is 37.1 Å². The lowest BCUT2D eigenvalue weighted by Gasteiger charge is -2.38. The van der Waals surface area contributed by atoms with Crippen LogP contribution in [0.2, 0.25) is 0 Å². The summed E-state index contributed by atoms with van der Waals surface area (Å²) in [5, 5.41) is 0. The normalized spacial score (nSPS) is 20.3. The van der Waals surface area contributed by atoms with Gasteiger partial charge in [-0.2, -0.15) is 0 Å². The van der Waals surface area contributed by atoms with Gasteiger partial charge in [-0.1, -0.05) is 42.5 Å². The van der Waals surface area contributed by atoms with Crippen LogP contribution in [0.25, 0.3) is 0 Å². The number of hydrogen-bond donors (Lipinski definition) is 0. The minimum Gasteiger partial charge on any atom is -0.497 e. The number of nitrogens with zero attached hydrogens (tertiary/aromatic N) is 1. The first-order valence-electron chi connectivity index (χ1n) is 8.76. The number of aryl methyl sites for hydroxylation is 1. The summed E-state index contributed by atoms with van der Waals surface area (Å²) in [6.45, 7) is 3.21. The number of ether oxygens (including phenoxy) is 2. The van der Waals surface area contributed by atoms with Crippen LogP contribution in [0.3, 0.4) is 0 Å². The zero-order valence-corrected chi connectivity index (χ0v) is 14.9. The zero-order chi connectivity index (χ0) is 17.6. The molecule has 2 atom stereocenters. The summed E-state index contributed by atoms with van der Waals surface area (Å²) in [6.07, 6.45) is 1.23. The molecule has 2 aromatic rings. The fourth-order valence-electron chi connectivity index (χ4n) is 3.16. The number of amides is 1. The topological polar surface area (TPSA) is 38.8 Å². The summed E-state index contributed by atoms with van der Waals surface area (Å²) in [4.78, 5) is 14.7. The Bertz CT molecular complexity index is 684. The van der Waals surface area contributed by atoms with E-state index in [0.717, 1.165) is 17.7 Å². The fraction of sp³-hybridized carbons (Fsp3) is 0.381. The van der Waals surface area contributed by atoms with Crippen molar-refractivity contribution >= 4 is 5.91 Å². The van der Waals surface area contributed by atoms with Gasteiger partial charge in [-0.05, 0) is 36.6 Å². The average molecular weight is 339 g/mol. The molecule has 1 heterocycles. The maximum Gasteiger partial charge on any atom is 0.223 e. The van der Waals surface area contributed by atoms with E-state index in [4.69, 9.17) is 9.47 Å². The Labute approximate surface area is 149 Å². The summed E-state index contributed by atoms with van der Waals surface area (Å²) in [5.41, 5.74) is 2.28. The van der Waals surface area contributed by atoms with Crippen molar-refractivity contribution in [2.45, 2.75) is 31.9 Å². The molecule has 0 aliphatic carbocycles. The third-order valence-corrected chi connectivity index (χ3v) is 4.71. The van der Waals surface area contributed by atoms with Gasteiger partial charge in [0.05, 0.1) is 26.3 Å². The number of morpholine rings is 1. The zero-order valence-electron chi connectivity index (χ0n) is 14.9. The van der Waals surface area contributed by atoms with E-state index >= 15 is 0 Å². The Balaban J connectivity index is 1.62. The molecule has 2 unspecified atom stereocenters. The maximum atomic E-state index is 12.7. The second-order valence-corrected chi connectivity index (χ2v) is 6.48. The fourth-order valence-corrected chi connectivity index (χ4v) is 3.16. The van der Waals surface area contributed by atoms with Crippen LogP contribution in [0.5, 0.6) is 5.75 Å². The van der Waals surface area contributed by atoms with Crippen molar-refractivity contribution in [2.75, 3.05) is 20.3 Å². The highest BCUT2D eigenvalue weighted by Gasteiger charge is 2.30. The standard InChI is InChI=1S/C21H25NO3/c1-16-15-25-20(18-9-11-19(24-2)12-10-18)14-22(16)21(23)13-8-17-6-4-3-5-7-17/h3-7,9-12,16,20H,8,13-15H2,1-2H3. The first kappa shape index (κ1) is 17.5. The lowest BCUT2D eigenvalue weighted by molar-refractivity contribution is -0.144. The van der Waals surface area contributed by atoms with E-state index in [1.165, 1.54) is 5.56 Å². The number of carbonyl (C=O) groups excluding carboxylic acids is 1. The molecule has 0 aromatic heterocycles. The van der Waals surface area contributed by atoms with Gasteiger partial charge in [0, 0.05) is 6.42 Å². The molecule has 1 aliphatic rings. The van der Waals surface area contributed by atoms with Gasteiger partial charge in [0.15, 0.2) is 0 Å². The van der Waals surface area contributed by atoms with Crippen LogP contribution in [0, 0.1) is 0 Å². The molecule has 25 heavy (non-hydrogen) atoms. The van der Waals surface area contributed by atoms with Crippen molar-refractivity contribution in [3.05, 3.63) is 65.7 Å². The Hall–Kier alpha value is -2.33. The molecule has 0 N–H and O–H groups in total. The summed E-state index contributed by atoms with van der Waals surface area (Å²) in [5.74, 6) is 1.02. The SMILES string of the molecule is COc1ccc(C2CN(C(=O)CCc3ccccc3)C(C)CO2)cc1. The van der Waals surface area contributed by atoms with Crippen LogP contribution in [0.1, 0.15) is 30.6 Å². The van der Waals surface area contributed by atoms with Crippen molar-refractivity contribution in [3.63, 3.8) is 0 Å². The average Bonchev–Trinajstić information content (AvgIpc) is 2.67. The van der Waals surface area contributed by atoms with Crippen molar-refractivity contribution in [2.24, 2.45) is 0 Å². The number of hydrogen-bond acceptors (Lipinski definition) is 3. The first-order chi connectivity index (χ1) is 12.2. The van der Waals surface area contributed by atoms with E-state index in [2.05, 4.69) is 12.1 Å². The molecule has 0 bridgehead atoms. The van der Waals surface area contributed by atoms with Crippen LogP contribution in [0.15, 0.2) is 54.6 Å². The smallest absolute Gasteiger partial charge is 0.223 e. The van der Waals surface area contributed by atoms with Gasteiger partial charge < -0.3 is 14.4 Å². The summed E-state index contributed by atoms with van der Waals surface area (Å²) < 4.78 is 11.2. The van der Waals surface area contributed by atoms with Crippen LogP contribution < -0.4 is 4.74 Å². The molecule has 1 saturated heterocycles. The largest absolute Gasteiger partial charge is 0.497 e. The lowest BCUT2D eigenvalue weighted by Crippen LogP contribution is -2.48. The second-order valence-electron chi connectivity index (χ2n) is 6.48. The molecule has 3 rings (SSSR count). The molecular formula is C21H25NO3. The highest BCUT2D eigenvalue weighted by molar-refractivity contribution is 5.77. The Kier molecular flexibility index (Phi) is 5.71. The Morgan fingerprint density at radius 3 is 2.56 bits per heavy atom. The molecule has 1 aliphatic heterocycles. The molecule has 132 valence electrons.